The quantitative estimate of drug-likeness (QED) is 0.756. The molecule has 2 unspecified atom stereocenters. The second-order valence-corrected chi connectivity index (χ2v) is 6.35. The lowest BCUT2D eigenvalue weighted by atomic mass is 10.1. The van der Waals surface area contributed by atoms with Crippen LogP contribution in [0.3, 0.4) is 0 Å². The highest BCUT2D eigenvalue weighted by molar-refractivity contribution is 6.30. The van der Waals surface area contributed by atoms with Crippen LogP contribution in [-0.4, -0.2) is 24.4 Å². The molecule has 2 aromatic rings. The van der Waals surface area contributed by atoms with Gasteiger partial charge in [-0.05, 0) is 55.7 Å². The van der Waals surface area contributed by atoms with Crippen LogP contribution in [0.2, 0.25) is 5.02 Å². The molecule has 0 aromatic heterocycles. The summed E-state index contributed by atoms with van der Waals surface area (Å²) in [6.45, 7) is 6.82. The third-order valence-electron chi connectivity index (χ3n) is 3.80. The van der Waals surface area contributed by atoms with Crippen molar-refractivity contribution in [3.63, 3.8) is 0 Å². The SMILES string of the molecule is Cc1ccc(C)c(OCC(O)CNC(C)c2ccc(Cl)cc2)c1.Cl. The largest absolute Gasteiger partial charge is 0.491 e. The van der Waals surface area contributed by atoms with E-state index >= 15 is 0 Å². The van der Waals surface area contributed by atoms with Crippen molar-refractivity contribution < 1.29 is 9.84 Å². The Hall–Kier alpha value is -1.26. The van der Waals surface area contributed by atoms with Crippen LogP contribution in [-0.2, 0) is 0 Å². The minimum Gasteiger partial charge on any atom is -0.491 e. The molecule has 0 fully saturated rings. The predicted octanol–water partition coefficient (Wildman–Crippen LogP) is 4.47. The molecule has 0 saturated heterocycles. The summed E-state index contributed by atoms with van der Waals surface area (Å²) in [5.41, 5.74) is 3.36. The van der Waals surface area contributed by atoms with Crippen molar-refractivity contribution in [2.45, 2.75) is 32.9 Å². The van der Waals surface area contributed by atoms with Gasteiger partial charge < -0.3 is 15.2 Å². The van der Waals surface area contributed by atoms with Crippen LogP contribution in [0.4, 0.5) is 0 Å². The average Bonchev–Trinajstić information content (AvgIpc) is 2.54. The molecule has 0 aliphatic rings. The zero-order valence-corrected chi connectivity index (χ0v) is 15.8. The van der Waals surface area contributed by atoms with Crippen molar-refractivity contribution in [1.82, 2.24) is 5.32 Å². The second kappa shape index (κ2) is 9.90. The lowest BCUT2D eigenvalue weighted by Crippen LogP contribution is -2.33. The number of halogens is 2. The van der Waals surface area contributed by atoms with Crippen LogP contribution < -0.4 is 10.1 Å². The molecule has 24 heavy (non-hydrogen) atoms. The normalized spacial score (nSPS) is 13.0. The van der Waals surface area contributed by atoms with Crippen LogP contribution in [0.15, 0.2) is 42.5 Å². The number of nitrogens with one attached hydrogen (secondary N) is 1. The summed E-state index contributed by atoms with van der Waals surface area (Å²) >= 11 is 5.89. The van der Waals surface area contributed by atoms with Crippen molar-refractivity contribution in [1.29, 1.82) is 0 Å². The molecule has 0 amide bonds. The van der Waals surface area contributed by atoms with Crippen LogP contribution >= 0.6 is 24.0 Å². The summed E-state index contributed by atoms with van der Waals surface area (Å²) in [6.07, 6.45) is -0.565. The van der Waals surface area contributed by atoms with E-state index in [0.29, 0.717) is 6.54 Å². The zero-order chi connectivity index (χ0) is 16.8. The van der Waals surface area contributed by atoms with E-state index in [9.17, 15) is 5.11 Å². The fourth-order valence-corrected chi connectivity index (χ4v) is 2.42. The molecule has 0 spiro atoms. The Bertz CT molecular complexity index is 632. The molecule has 2 atom stereocenters. The van der Waals surface area contributed by atoms with Gasteiger partial charge in [0.05, 0.1) is 0 Å². The number of aliphatic hydroxyl groups excluding tert-OH is 1. The van der Waals surface area contributed by atoms with Crippen LogP contribution in [0.25, 0.3) is 0 Å². The van der Waals surface area contributed by atoms with Gasteiger partial charge in [-0.3, -0.25) is 0 Å². The molecule has 132 valence electrons. The number of benzene rings is 2. The third kappa shape index (κ3) is 6.33. The van der Waals surface area contributed by atoms with E-state index in [4.69, 9.17) is 16.3 Å². The number of hydrogen-bond donors (Lipinski definition) is 2. The lowest BCUT2D eigenvalue weighted by Gasteiger charge is -2.18. The fraction of sp³-hybridized carbons (Fsp3) is 0.368. The maximum Gasteiger partial charge on any atom is 0.122 e. The smallest absolute Gasteiger partial charge is 0.122 e. The molecule has 0 aliphatic heterocycles. The molecule has 5 heteroatoms. The lowest BCUT2D eigenvalue weighted by molar-refractivity contribution is 0.104. The number of aryl methyl sites for hydroxylation is 2. The van der Waals surface area contributed by atoms with Gasteiger partial charge >= 0.3 is 0 Å². The summed E-state index contributed by atoms with van der Waals surface area (Å²) in [5.74, 6) is 0.829. The highest BCUT2D eigenvalue weighted by Gasteiger charge is 2.10. The highest BCUT2D eigenvalue weighted by Crippen LogP contribution is 2.19. The van der Waals surface area contributed by atoms with Gasteiger partial charge in [0, 0.05) is 17.6 Å². The van der Waals surface area contributed by atoms with Gasteiger partial charge in [0.15, 0.2) is 0 Å². The van der Waals surface area contributed by atoms with E-state index in [1.807, 2.05) is 56.3 Å². The molecular formula is C19H25Cl2NO2. The van der Waals surface area contributed by atoms with Crippen molar-refractivity contribution >= 4 is 24.0 Å². The van der Waals surface area contributed by atoms with Crippen molar-refractivity contribution in [2.75, 3.05) is 13.2 Å². The first-order valence-corrected chi connectivity index (χ1v) is 8.20. The maximum atomic E-state index is 10.1. The topological polar surface area (TPSA) is 41.5 Å². The first-order valence-electron chi connectivity index (χ1n) is 7.82. The monoisotopic (exact) mass is 369 g/mol. The minimum atomic E-state index is -0.565. The van der Waals surface area contributed by atoms with Gasteiger partial charge in [-0.1, -0.05) is 35.9 Å². The van der Waals surface area contributed by atoms with E-state index in [0.717, 1.165) is 27.5 Å². The molecule has 2 rings (SSSR count). The molecular weight excluding hydrogens is 345 g/mol. The molecule has 0 radical (unpaired) electrons. The Morgan fingerprint density at radius 1 is 1.12 bits per heavy atom. The van der Waals surface area contributed by atoms with E-state index in [1.165, 1.54) is 0 Å². The van der Waals surface area contributed by atoms with Gasteiger partial charge in [-0.15, -0.1) is 12.4 Å². The van der Waals surface area contributed by atoms with Crippen molar-refractivity contribution in [3.8, 4) is 5.75 Å². The van der Waals surface area contributed by atoms with Gasteiger partial charge in [-0.25, -0.2) is 0 Å². The number of aliphatic hydroxyl groups is 1. The molecule has 2 aromatic carbocycles. The summed E-state index contributed by atoms with van der Waals surface area (Å²) in [7, 11) is 0. The Kier molecular flexibility index (Phi) is 8.57. The Morgan fingerprint density at radius 2 is 1.79 bits per heavy atom. The molecule has 3 nitrogen and oxygen atoms in total. The van der Waals surface area contributed by atoms with E-state index in [1.54, 1.807) is 0 Å². The summed E-state index contributed by atoms with van der Waals surface area (Å²) in [4.78, 5) is 0. The highest BCUT2D eigenvalue weighted by atomic mass is 35.5. The molecule has 0 bridgehead atoms. The van der Waals surface area contributed by atoms with Gasteiger partial charge in [0.1, 0.15) is 18.5 Å². The van der Waals surface area contributed by atoms with Crippen molar-refractivity contribution in [3.05, 3.63) is 64.2 Å². The predicted molar refractivity (Wildman–Crippen MR) is 103 cm³/mol. The second-order valence-electron chi connectivity index (χ2n) is 5.92. The molecule has 2 N–H and O–H groups in total. The number of hydrogen-bond acceptors (Lipinski definition) is 3. The summed E-state index contributed by atoms with van der Waals surface area (Å²) < 4.78 is 5.73. The van der Waals surface area contributed by atoms with E-state index < -0.39 is 6.10 Å². The average molecular weight is 370 g/mol. The van der Waals surface area contributed by atoms with E-state index in [-0.39, 0.29) is 25.1 Å². The molecule has 0 heterocycles. The van der Waals surface area contributed by atoms with Crippen molar-refractivity contribution in [2.24, 2.45) is 0 Å². The molecule has 0 saturated carbocycles. The van der Waals surface area contributed by atoms with Crippen LogP contribution in [0.5, 0.6) is 5.75 Å². The van der Waals surface area contributed by atoms with Gasteiger partial charge in [0.25, 0.3) is 0 Å². The standard InChI is InChI=1S/C19H24ClNO2.ClH/c1-13-4-5-14(2)19(10-13)23-12-18(22)11-21-15(3)16-6-8-17(20)9-7-16;/h4-10,15,18,21-22H,11-12H2,1-3H3;1H. The maximum absolute atomic E-state index is 10.1. The number of ether oxygens (including phenoxy) is 1. The van der Waals surface area contributed by atoms with Crippen LogP contribution in [0, 0.1) is 13.8 Å². The third-order valence-corrected chi connectivity index (χ3v) is 4.06. The summed E-state index contributed by atoms with van der Waals surface area (Å²) in [5, 5.41) is 14.1. The van der Waals surface area contributed by atoms with Crippen LogP contribution in [0.1, 0.15) is 29.7 Å². The number of rotatable bonds is 7. The first-order chi connectivity index (χ1) is 11.0. The first kappa shape index (κ1) is 20.8. The fourth-order valence-electron chi connectivity index (χ4n) is 2.29. The Balaban J connectivity index is 0.00000288. The molecule has 0 aliphatic carbocycles. The van der Waals surface area contributed by atoms with Gasteiger partial charge in [-0.2, -0.15) is 0 Å². The Morgan fingerprint density at radius 3 is 2.46 bits per heavy atom. The van der Waals surface area contributed by atoms with Gasteiger partial charge in [0.2, 0.25) is 0 Å². The zero-order valence-electron chi connectivity index (χ0n) is 14.3. The van der Waals surface area contributed by atoms with E-state index in [2.05, 4.69) is 12.2 Å². The Labute approximate surface area is 155 Å². The summed E-state index contributed by atoms with van der Waals surface area (Å²) in [6, 6.07) is 13.9. The minimum absolute atomic E-state index is 0.